The van der Waals surface area contributed by atoms with Crippen LogP contribution in [-0.4, -0.2) is 21.7 Å². The number of hydrogen-bond acceptors (Lipinski definition) is 4. The third kappa shape index (κ3) is 2.81. The van der Waals surface area contributed by atoms with Gasteiger partial charge in [-0.25, -0.2) is 0 Å². The lowest BCUT2D eigenvalue weighted by Crippen LogP contribution is -2.30. The Hall–Kier alpha value is -2.24. The average Bonchev–Trinajstić information content (AvgIpc) is 3.10. The fourth-order valence-corrected chi connectivity index (χ4v) is 3.31. The summed E-state index contributed by atoms with van der Waals surface area (Å²) in [4.78, 5) is 25.8. The second-order valence-electron chi connectivity index (χ2n) is 5.40. The summed E-state index contributed by atoms with van der Waals surface area (Å²) in [6.07, 6.45) is 1.49. The first kappa shape index (κ1) is 16.6. The Morgan fingerprint density at radius 1 is 1.33 bits per heavy atom. The van der Waals surface area contributed by atoms with Gasteiger partial charge >= 0.3 is 0 Å². The van der Waals surface area contributed by atoms with Crippen LogP contribution in [0.3, 0.4) is 0 Å². The van der Waals surface area contributed by atoms with E-state index in [1.807, 2.05) is 0 Å². The van der Waals surface area contributed by atoms with Gasteiger partial charge in [0.2, 0.25) is 0 Å². The number of carbonyl (C=O) groups excluding carboxylic acids is 2. The molecule has 2 heterocycles. The second kappa shape index (κ2) is 6.34. The van der Waals surface area contributed by atoms with Crippen molar-refractivity contribution in [1.29, 1.82) is 0 Å². The van der Waals surface area contributed by atoms with Gasteiger partial charge in [-0.3, -0.25) is 9.59 Å². The minimum absolute atomic E-state index is 0.00998. The van der Waals surface area contributed by atoms with Crippen LogP contribution in [0, 0.1) is 0 Å². The van der Waals surface area contributed by atoms with Crippen molar-refractivity contribution >= 4 is 34.9 Å². The number of rotatable bonds is 4. The molecule has 1 aromatic heterocycles. The molecule has 0 aliphatic carbocycles. The lowest BCUT2D eigenvalue weighted by atomic mass is 9.96. The fourth-order valence-electron chi connectivity index (χ4n) is 2.79. The highest BCUT2D eigenvalue weighted by Crippen LogP contribution is 2.41. The monoisotopic (exact) mass is 365 g/mol. The molecule has 1 N–H and O–H groups in total. The summed E-state index contributed by atoms with van der Waals surface area (Å²) in [5.74, 6) is -1.09. The van der Waals surface area contributed by atoms with Crippen LogP contribution in [0.25, 0.3) is 0 Å². The summed E-state index contributed by atoms with van der Waals surface area (Å²) in [5, 5.41) is 10.9. The summed E-state index contributed by atoms with van der Waals surface area (Å²) in [6, 6.07) is 7.38. The van der Waals surface area contributed by atoms with Crippen LogP contribution in [0.1, 0.15) is 24.3 Å². The zero-order valence-electron chi connectivity index (χ0n) is 12.6. The standard InChI is InChI=1S/C17H13Cl2NO4/c1-9(21)14-15(12-5-4-10(18)7-13(12)19)20(17(23)16(14)22)8-11-3-2-6-24-11/h2-7,15,22H,8H2,1H3/t15-/m0/s1. The van der Waals surface area contributed by atoms with Gasteiger partial charge in [-0.15, -0.1) is 0 Å². The normalized spacial score (nSPS) is 17.7. The molecule has 1 amide bonds. The van der Waals surface area contributed by atoms with E-state index in [0.717, 1.165) is 0 Å². The van der Waals surface area contributed by atoms with E-state index in [0.29, 0.717) is 21.4 Å². The summed E-state index contributed by atoms with van der Waals surface area (Å²) in [7, 11) is 0. The van der Waals surface area contributed by atoms with E-state index in [2.05, 4.69) is 0 Å². The van der Waals surface area contributed by atoms with Crippen molar-refractivity contribution in [3.8, 4) is 0 Å². The molecule has 5 nitrogen and oxygen atoms in total. The number of hydrogen-bond donors (Lipinski definition) is 1. The van der Waals surface area contributed by atoms with Crippen molar-refractivity contribution in [2.75, 3.05) is 0 Å². The molecule has 0 spiro atoms. The fraction of sp³-hybridized carbons (Fsp3) is 0.176. The van der Waals surface area contributed by atoms with Crippen LogP contribution < -0.4 is 0 Å². The van der Waals surface area contributed by atoms with Gasteiger partial charge in [-0.2, -0.15) is 0 Å². The quantitative estimate of drug-likeness (QED) is 0.886. The number of amides is 1. The van der Waals surface area contributed by atoms with E-state index in [1.54, 1.807) is 24.3 Å². The Morgan fingerprint density at radius 3 is 2.67 bits per heavy atom. The second-order valence-corrected chi connectivity index (χ2v) is 6.24. The number of ketones is 1. The Balaban J connectivity index is 2.10. The molecule has 0 saturated heterocycles. The SMILES string of the molecule is CC(=O)C1=C(O)C(=O)N(Cc2ccco2)[C@H]1c1ccc(Cl)cc1Cl. The van der Waals surface area contributed by atoms with Gasteiger partial charge in [0.05, 0.1) is 24.4 Å². The first-order valence-corrected chi connectivity index (χ1v) is 7.88. The molecule has 0 bridgehead atoms. The molecule has 1 aromatic carbocycles. The van der Waals surface area contributed by atoms with Gasteiger partial charge in [-0.05, 0) is 36.8 Å². The third-order valence-electron chi connectivity index (χ3n) is 3.85. The number of Topliss-reactive ketones (excluding diaryl/α,β-unsaturated/α-hetero) is 1. The first-order valence-electron chi connectivity index (χ1n) is 7.12. The summed E-state index contributed by atoms with van der Waals surface area (Å²) >= 11 is 12.2. The molecular formula is C17H13Cl2NO4. The Bertz CT molecular complexity index is 842. The van der Waals surface area contributed by atoms with Crippen LogP contribution in [0.2, 0.25) is 10.0 Å². The minimum Gasteiger partial charge on any atom is -0.503 e. The molecule has 1 aliphatic rings. The van der Waals surface area contributed by atoms with Gasteiger partial charge in [0.1, 0.15) is 5.76 Å². The van der Waals surface area contributed by atoms with Crippen molar-refractivity contribution in [1.82, 2.24) is 4.90 Å². The smallest absolute Gasteiger partial charge is 0.290 e. The Labute approximate surface area is 148 Å². The number of nitrogens with zero attached hydrogens (tertiary/aromatic N) is 1. The number of halogens is 2. The molecule has 0 fully saturated rings. The van der Waals surface area contributed by atoms with Crippen LogP contribution >= 0.6 is 23.2 Å². The lowest BCUT2D eigenvalue weighted by molar-refractivity contribution is -0.130. The maximum Gasteiger partial charge on any atom is 0.290 e. The zero-order valence-corrected chi connectivity index (χ0v) is 14.1. The zero-order chi connectivity index (χ0) is 17.4. The number of benzene rings is 1. The van der Waals surface area contributed by atoms with E-state index in [1.165, 1.54) is 24.2 Å². The molecule has 2 aromatic rings. The number of aliphatic hydroxyl groups is 1. The molecule has 0 saturated carbocycles. The molecule has 0 radical (unpaired) electrons. The van der Waals surface area contributed by atoms with E-state index >= 15 is 0 Å². The van der Waals surface area contributed by atoms with Gasteiger partial charge in [0.15, 0.2) is 11.5 Å². The van der Waals surface area contributed by atoms with Gasteiger partial charge in [0.25, 0.3) is 5.91 Å². The first-order chi connectivity index (χ1) is 11.4. The van der Waals surface area contributed by atoms with Gasteiger partial charge < -0.3 is 14.4 Å². The van der Waals surface area contributed by atoms with Crippen molar-refractivity contribution in [3.63, 3.8) is 0 Å². The molecule has 7 heteroatoms. The predicted molar refractivity (Wildman–Crippen MR) is 88.8 cm³/mol. The predicted octanol–water partition coefficient (Wildman–Crippen LogP) is 4.07. The minimum atomic E-state index is -0.801. The summed E-state index contributed by atoms with van der Waals surface area (Å²) in [5.41, 5.74) is 0.519. The molecule has 124 valence electrons. The highest BCUT2D eigenvalue weighted by atomic mass is 35.5. The Morgan fingerprint density at radius 2 is 2.08 bits per heavy atom. The van der Waals surface area contributed by atoms with Crippen LogP contribution in [0.5, 0.6) is 0 Å². The largest absolute Gasteiger partial charge is 0.503 e. The van der Waals surface area contributed by atoms with Crippen molar-refractivity contribution < 1.29 is 19.1 Å². The topological polar surface area (TPSA) is 70.8 Å². The lowest BCUT2D eigenvalue weighted by Gasteiger charge is -2.26. The van der Waals surface area contributed by atoms with Crippen molar-refractivity contribution in [3.05, 3.63) is 69.3 Å². The van der Waals surface area contributed by atoms with Crippen molar-refractivity contribution in [2.45, 2.75) is 19.5 Å². The van der Waals surface area contributed by atoms with Crippen LogP contribution in [0.15, 0.2) is 52.3 Å². The molecule has 1 aliphatic heterocycles. The van der Waals surface area contributed by atoms with Gasteiger partial charge in [-0.1, -0.05) is 29.3 Å². The summed E-state index contributed by atoms with van der Waals surface area (Å²) < 4.78 is 5.28. The highest BCUT2D eigenvalue weighted by Gasteiger charge is 2.43. The number of aliphatic hydroxyl groups excluding tert-OH is 1. The summed E-state index contributed by atoms with van der Waals surface area (Å²) in [6.45, 7) is 1.39. The van der Waals surface area contributed by atoms with E-state index in [9.17, 15) is 14.7 Å². The maximum absolute atomic E-state index is 12.5. The molecule has 1 atom stereocenters. The third-order valence-corrected chi connectivity index (χ3v) is 4.41. The highest BCUT2D eigenvalue weighted by molar-refractivity contribution is 6.35. The number of carbonyl (C=O) groups is 2. The van der Waals surface area contributed by atoms with E-state index in [-0.39, 0.29) is 12.1 Å². The molecule has 24 heavy (non-hydrogen) atoms. The average molecular weight is 366 g/mol. The van der Waals surface area contributed by atoms with Gasteiger partial charge in [0, 0.05) is 10.0 Å². The molecule has 3 rings (SSSR count). The molecule has 0 unspecified atom stereocenters. The molecular weight excluding hydrogens is 353 g/mol. The van der Waals surface area contributed by atoms with Crippen LogP contribution in [0.4, 0.5) is 0 Å². The van der Waals surface area contributed by atoms with Crippen molar-refractivity contribution in [2.24, 2.45) is 0 Å². The maximum atomic E-state index is 12.5. The number of furan rings is 1. The van der Waals surface area contributed by atoms with E-state index in [4.69, 9.17) is 27.6 Å². The Kier molecular flexibility index (Phi) is 4.39. The van der Waals surface area contributed by atoms with Crippen LogP contribution in [-0.2, 0) is 16.1 Å². The van der Waals surface area contributed by atoms with E-state index < -0.39 is 23.5 Å².